The predicted molar refractivity (Wildman–Crippen MR) is 97.8 cm³/mol. The first-order valence-corrected chi connectivity index (χ1v) is 8.50. The average molecular weight is 326 g/mol. The standard InChI is InChI=1S/C19H26N4O/c1-5-6-11-20-19(24)17-12-18(22-14(4)21-17)23-16-9-7-15(8-10-16)13(2)3/h7-10,12-13H,5-6,11H2,1-4H3,(H,20,24)(H,21,22,23). The van der Waals surface area contributed by atoms with E-state index in [2.05, 4.69) is 53.5 Å². The number of unbranched alkanes of at least 4 members (excludes halogenated alkanes) is 1. The molecule has 2 N–H and O–H groups in total. The molecule has 1 aromatic heterocycles. The van der Waals surface area contributed by atoms with Crippen molar-refractivity contribution in [1.82, 2.24) is 15.3 Å². The van der Waals surface area contributed by atoms with E-state index in [1.165, 1.54) is 5.56 Å². The Morgan fingerprint density at radius 2 is 1.88 bits per heavy atom. The van der Waals surface area contributed by atoms with Crippen LogP contribution in [0, 0.1) is 6.92 Å². The van der Waals surface area contributed by atoms with E-state index in [9.17, 15) is 4.79 Å². The summed E-state index contributed by atoms with van der Waals surface area (Å²) in [5.41, 5.74) is 2.62. The zero-order valence-electron chi connectivity index (χ0n) is 14.9. The van der Waals surface area contributed by atoms with E-state index in [4.69, 9.17) is 0 Å². The molecule has 24 heavy (non-hydrogen) atoms. The van der Waals surface area contributed by atoms with Gasteiger partial charge in [0.1, 0.15) is 17.3 Å². The van der Waals surface area contributed by atoms with Crippen molar-refractivity contribution in [2.24, 2.45) is 0 Å². The van der Waals surface area contributed by atoms with Crippen molar-refractivity contribution in [2.45, 2.75) is 46.5 Å². The van der Waals surface area contributed by atoms with E-state index in [-0.39, 0.29) is 5.91 Å². The minimum absolute atomic E-state index is 0.160. The van der Waals surface area contributed by atoms with E-state index < -0.39 is 0 Å². The molecule has 0 aliphatic carbocycles. The van der Waals surface area contributed by atoms with Crippen LogP contribution >= 0.6 is 0 Å². The van der Waals surface area contributed by atoms with Gasteiger partial charge in [0, 0.05) is 18.3 Å². The number of benzene rings is 1. The fraction of sp³-hybridized carbons (Fsp3) is 0.421. The van der Waals surface area contributed by atoms with Crippen molar-refractivity contribution in [3.63, 3.8) is 0 Å². The van der Waals surface area contributed by atoms with Crippen molar-refractivity contribution < 1.29 is 4.79 Å². The van der Waals surface area contributed by atoms with Crippen molar-refractivity contribution in [3.8, 4) is 0 Å². The fourth-order valence-corrected chi connectivity index (χ4v) is 2.32. The van der Waals surface area contributed by atoms with Gasteiger partial charge in [0.2, 0.25) is 0 Å². The molecule has 0 radical (unpaired) electrons. The van der Waals surface area contributed by atoms with E-state index in [0.717, 1.165) is 18.5 Å². The van der Waals surface area contributed by atoms with Gasteiger partial charge in [0.05, 0.1) is 0 Å². The van der Waals surface area contributed by atoms with Crippen molar-refractivity contribution >= 4 is 17.4 Å². The van der Waals surface area contributed by atoms with Crippen molar-refractivity contribution in [2.75, 3.05) is 11.9 Å². The smallest absolute Gasteiger partial charge is 0.270 e. The van der Waals surface area contributed by atoms with E-state index >= 15 is 0 Å². The molecule has 0 aliphatic heterocycles. The molecule has 2 aromatic rings. The van der Waals surface area contributed by atoms with Crippen LogP contribution in [0.3, 0.4) is 0 Å². The fourth-order valence-electron chi connectivity index (χ4n) is 2.32. The normalized spacial score (nSPS) is 10.7. The first kappa shape index (κ1) is 17.9. The van der Waals surface area contributed by atoms with Gasteiger partial charge in [-0.25, -0.2) is 9.97 Å². The lowest BCUT2D eigenvalue weighted by Crippen LogP contribution is -2.25. The molecule has 1 aromatic carbocycles. The summed E-state index contributed by atoms with van der Waals surface area (Å²) in [5.74, 6) is 1.53. The minimum Gasteiger partial charge on any atom is -0.351 e. The lowest BCUT2D eigenvalue weighted by atomic mass is 10.0. The van der Waals surface area contributed by atoms with Gasteiger partial charge >= 0.3 is 0 Å². The number of aromatic nitrogens is 2. The highest BCUT2D eigenvalue weighted by Crippen LogP contribution is 2.20. The topological polar surface area (TPSA) is 66.9 Å². The van der Waals surface area contributed by atoms with Crippen LogP contribution in [-0.2, 0) is 0 Å². The monoisotopic (exact) mass is 326 g/mol. The maximum absolute atomic E-state index is 12.2. The number of carbonyl (C=O) groups excluding carboxylic acids is 1. The molecule has 0 spiro atoms. The third kappa shape index (κ3) is 5.05. The first-order valence-electron chi connectivity index (χ1n) is 8.50. The summed E-state index contributed by atoms with van der Waals surface area (Å²) in [5, 5.41) is 6.12. The molecule has 0 aliphatic rings. The van der Waals surface area contributed by atoms with Crippen LogP contribution in [0.15, 0.2) is 30.3 Å². The molecule has 0 atom stereocenters. The first-order chi connectivity index (χ1) is 11.5. The molecule has 0 bridgehead atoms. The van der Waals surface area contributed by atoms with Gasteiger partial charge < -0.3 is 10.6 Å². The Morgan fingerprint density at radius 3 is 2.50 bits per heavy atom. The maximum Gasteiger partial charge on any atom is 0.270 e. The van der Waals surface area contributed by atoms with Crippen LogP contribution < -0.4 is 10.6 Å². The Hall–Kier alpha value is -2.43. The van der Waals surface area contributed by atoms with Crippen molar-refractivity contribution in [3.05, 3.63) is 47.4 Å². The molecular weight excluding hydrogens is 300 g/mol. The van der Waals surface area contributed by atoms with E-state index in [1.807, 2.05) is 12.1 Å². The number of nitrogens with zero attached hydrogens (tertiary/aromatic N) is 2. The summed E-state index contributed by atoms with van der Waals surface area (Å²) in [6.45, 7) is 8.88. The third-order valence-corrected chi connectivity index (χ3v) is 3.74. The highest BCUT2D eigenvalue weighted by molar-refractivity contribution is 5.93. The molecule has 0 saturated heterocycles. The summed E-state index contributed by atoms with van der Waals surface area (Å²) >= 11 is 0. The number of carbonyl (C=O) groups is 1. The van der Waals surface area contributed by atoms with Crippen LogP contribution in [0.25, 0.3) is 0 Å². The predicted octanol–water partition coefficient (Wildman–Crippen LogP) is 4.18. The molecule has 2 rings (SSSR count). The lowest BCUT2D eigenvalue weighted by Gasteiger charge is -2.10. The Balaban J connectivity index is 2.11. The molecule has 1 amide bonds. The highest BCUT2D eigenvalue weighted by atomic mass is 16.1. The van der Waals surface area contributed by atoms with Crippen LogP contribution in [0.4, 0.5) is 11.5 Å². The Morgan fingerprint density at radius 1 is 1.17 bits per heavy atom. The molecule has 5 nitrogen and oxygen atoms in total. The Kier molecular flexibility index (Phi) is 6.29. The number of amides is 1. The van der Waals surface area contributed by atoms with Crippen molar-refractivity contribution in [1.29, 1.82) is 0 Å². The lowest BCUT2D eigenvalue weighted by molar-refractivity contribution is 0.0948. The quantitative estimate of drug-likeness (QED) is 0.749. The van der Waals surface area contributed by atoms with Gasteiger partial charge in [0.25, 0.3) is 5.91 Å². The van der Waals surface area contributed by atoms with Crippen LogP contribution in [0.2, 0.25) is 0 Å². The summed E-state index contributed by atoms with van der Waals surface area (Å²) in [6, 6.07) is 9.92. The van der Waals surface area contributed by atoms with Gasteiger partial charge in [0.15, 0.2) is 0 Å². The number of aryl methyl sites for hydroxylation is 1. The van der Waals surface area contributed by atoms with Crippen LogP contribution in [0.5, 0.6) is 0 Å². The average Bonchev–Trinajstić information content (AvgIpc) is 2.55. The van der Waals surface area contributed by atoms with Crippen LogP contribution in [0.1, 0.15) is 61.4 Å². The summed E-state index contributed by atoms with van der Waals surface area (Å²) in [7, 11) is 0. The Labute approximate surface area is 143 Å². The number of rotatable bonds is 7. The number of hydrogen-bond acceptors (Lipinski definition) is 4. The second kappa shape index (κ2) is 8.43. The van der Waals surface area contributed by atoms with E-state index in [0.29, 0.717) is 29.8 Å². The Bertz CT molecular complexity index is 680. The molecular formula is C19H26N4O. The molecule has 0 unspecified atom stereocenters. The molecule has 0 fully saturated rings. The van der Waals surface area contributed by atoms with Crippen LogP contribution in [-0.4, -0.2) is 22.4 Å². The van der Waals surface area contributed by atoms with Gasteiger partial charge in [-0.15, -0.1) is 0 Å². The minimum atomic E-state index is -0.160. The molecule has 1 heterocycles. The van der Waals surface area contributed by atoms with Gasteiger partial charge in [-0.2, -0.15) is 0 Å². The largest absolute Gasteiger partial charge is 0.351 e. The van der Waals surface area contributed by atoms with E-state index in [1.54, 1.807) is 13.0 Å². The zero-order chi connectivity index (χ0) is 17.5. The van der Waals surface area contributed by atoms with Gasteiger partial charge in [-0.05, 0) is 37.0 Å². The second-order valence-electron chi connectivity index (χ2n) is 6.20. The SMILES string of the molecule is CCCCNC(=O)c1cc(Nc2ccc(C(C)C)cc2)nc(C)n1. The van der Waals surface area contributed by atoms with Gasteiger partial charge in [-0.3, -0.25) is 4.79 Å². The third-order valence-electron chi connectivity index (χ3n) is 3.74. The zero-order valence-corrected chi connectivity index (χ0v) is 14.9. The second-order valence-corrected chi connectivity index (χ2v) is 6.20. The summed E-state index contributed by atoms with van der Waals surface area (Å²) in [6.07, 6.45) is 2.01. The molecule has 128 valence electrons. The summed E-state index contributed by atoms with van der Waals surface area (Å²) in [4.78, 5) is 20.8. The highest BCUT2D eigenvalue weighted by Gasteiger charge is 2.10. The summed E-state index contributed by atoms with van der Waals surface area (Å²) < 4.78 is 0. The maximum atomic E-state index is 12.2. The molecule has 0 saturated carbocycles. The van der Waals surface area contributed by atoms with Gasteiger partial charge in [-0.1, -0.05) is 39.3 Å². The number of nitrogens with one attached hydrogen (secondary N) is 2. The number of anilines is 2. The molecule has 5 heteroatoms. The number of hydrogen-bond donors (Lipinski definition) is 2.